The van der Waals surface area contributed by atoms with Gasteiger partial charge in [0.2, 0.25) is 0 Å². The molecular formula is C13H30NO3P. The van der Waals surface area contributed by atoms with Gasteiger partial charge in [-0.25, -0.2) is 0 Å². The summed E-state index contributed by atoms with van der Waals surface area (Å²) < 4.78 is 23.4. The molecule has 0 aliphatic rings. The van der Waals surface area contributed by atoms with Crippen molar-refractivity contribution in [1.82, 2.24) is 5.32 Å². The van der Waals surface area contributed by atoms with Crippen molar-refractivity contribution in [1.29, 1.82) is 0 Å². The van der Waals surface area contributed by atoms with E-state index in [9.17, 15) is 4.57 Å². The van der Waals surface area contributed by atoms with Crippen LogP contribution >= 0.6 is 7.60 Å². The molecular weight excluding hydrogens is 249 g/mol. The number of hydrogen-bond acceptors (Lipinski definition) is 4. The third kappa shape index (κ3) is 10.1. The predicted octanol–water partition coefficient (Wildman–Crippen LogP) is 4.16. The van der Waals surface area contributed by atoms with E-state index in [4.69, 9.17) is 9.05 Å². The summed E-state index contributed by atoms with van der Waals surface area (Å²) in [6.45, 7) is 8.23. The van der Waals surface area contributed by atoms with E-state index >= 15 is 0 Å². The first kappa shape index (κ1) is 18.1. The second-order valence-corrected chi connectivity index (χ2v) is 6.55. The summed E-state index contributed by atoms with van der Waals surface area (Å²) in [6.07, 6.45) is 6.48. The number of unbranched alkanes of at least 4 members (excludes halogenated alkanes) is 3. The average molecular weight is 279 g/mol. The van der Waals surface area contributed by atoms with Crippen LogP contribution in [0.5, 0.6) is 0 Å². The Kier molecular flexibility index (Phi) is 12.2. The van der Waals surface area contributed by atoms with E-state index in [1.54, 1.807) is 0 Å². The topological polar surface area (TPSA) is 47.6 Å². The van der Waals surface area contributed by atoms with E-state index in [0.29, 0.717) is 19.5 Å². The molecule has 110 valence electrons. The van der Waals surface area contributed by atoms with Gasteiger partial charge >= 0.3 is 7.60 Å². The van der Waals surface area contributed by atoms with Crippen molar-refractivity contribution in [2.75, 3.05) is 26.0 Å². The van der Waals surface area contributed by atoms with Crippen molar-refractivity contribution < 1.29 is 13.6 Å². The highest BCUT2D eigenvalue weighted by Crippen LogP contribution is 2.47. The summed E-state index contributed by atoms with van der Waals surface area (Å²) in [4.78, 5) is 0. The molecule has 0 spiro atoms. The first-order valence-electron chi connectivity index (χ1n) is 7.27. The van der Waals surface area contributed by atoms with E-state index in [1.165, 1.54) is 0 Å². The largest absolute Gasteiger partial charge is 0.344 e. The Bertz CT molecular complexity index is 210. The minimum absolute atomic E-state index is 0.334. The SMILES string of the molecule is CCCCNCP(=O)(OCCCC)OCCCC. The molecule has 0 heterocycles. The minimum Gasteiger partial charge on any atom is -0.308 e. The summed E-state index contributed by atoms with van der Waals surface area (Å²) in [5.41, 5.74) is 0. The van der Waals surface area contributed by atoms with Crippen LogP contribution < -0.4 is 5.32 Å². The maximum Gasteiger partial charge on any atom is 0.344 e. The van der Waals surface area contributed by atoms with Crippen molar-refractivity contribution in [2.45, 2.75) is 59.3 Å². The summed E-state index contributed by atoms with van der Waals surface area (Å²) >= 11 is 0. The fourth-order valence-corrected chi connectivity index (χ4v) is 2.85. The van der Waals surface area contributed by atoms with Gasteiger partial charge in [-0.3, -0.25) is 4.57 Å². The van der Waals surface area contributed by atoms with Crippen molar-refractivity contribution in [3.05, 3.63) is 0 Å². The third-order valence-corrected chi connectivity index (χ3v) is 4.35. The highest BCUT2D eigenvalue weighted by atomic mass is 31.2. The molecule has 0 aromatic carbocycles. The second kappa shape index (κ2) is 12.2. The zero-order chi connectivity index (χ0) is 13.7. The van der Waals surface area contributed by atoms with Gasteiger partial charge in [-0.2, -0.15) is 0 Å². The van der Waals surface area contributed by atoms with E-state index in [0.717, 1.165) is 45.1 Å². The molecule has 0 aromatic rings. The predicted molar refractivity (Wildman–Crippen MR) is 77.1 cm³/mol. The third-order valence-electron chi connectivity index (χ3n) is 2.58. The summed E-state index contributed by atoms with van der Waals surface area (Å²) in [5.74, 6) is 0. The molecule has 0 saturated carbocycles. The van der Waals surface area contributed by atoms with Crippen LogP contribution in [0, 0.1) is 0 Å². The first-order valence-corrected chi connectivity index (χ1v) is 9.00. The van der Waals surface area contributed by atoms with Crippen molar-refractivity contribution >= 4 is 7.60 Å². The molecule has 1 N–H and O–H groups in total. The van der Waals surface area contributed by atoms with Crippen LogP contribution in [0.25, 0.3) is 0 Å². The number of hydrogen-bond donors (Lipinski definition) is 1. The summed E-state index contributed by atoms with van der Waals surface area (Å²) in [7, 11) is -2.93. The van der Waals surface area contributed by atoms with Crippen LogP contribution in [0.4, 0.5) is 0 Å². The van der Waals surface area contributed by atoms with Crippen molar-refractivity contribution in [3.8, 4) is 0 Å². The second-order valence-electron chi connectivity index (χ2n) is 4.50. The fourth-order valence-electron chi connectivity index (χ4n) is 1.34. The first-order chi connectivity index (χ1) is 8.68. The molecule has 4 nitrogen and oxygen atoms in total. The van der Waals surface area contributed by atoms with Crippen LogP contribution in [0.15, 0.2) is 0 Å². The molecule has 0 rings (SSSR count). The Morgan fingerprint density at radius 1 is 0.889 bits per heavy atom. The maximum absolute atomic E-state index is 12.4. The molecule has 0 amide bonds. The van der Waals surface area contributed by atoms with Gasteiger partial charge in [0.25, 0.3) is 0 Å². The Hall–Kier alpha value is 0.110. The van der Waals surface area contributed by atoms with E-state index in [1.807, 2.05) is 0 Å². The van der Waals surface area contributed by atoms with E-state index < -0.39 is 7.60 Å². The molecule has 5 heteroatoms. The molecule has 0 bridgehead atoms. The van der Waals surface area contributed by atoms with E-state index in [-0.39, 0.29) is 0 Å². The number of nitrogens with one attached hydrogen (secondary N) is 1. The molecule has 0 radical (unpaired) electrons. The minimum atomic E-state index is -2.93. The summed E-state index contributed by atoms with van der Waals surface area (Å²) in [6, 6.07) is 0. The van der Waals surface area contributed by atoms with Crippen LogP contribution in [0.1, 0.15) is 59.3 Å². The van der Waals surface area contributed by atoms with Crippen LogP contribution in [0.3, 0.4) is 0 Å². The molecule has 0 atom stereocenters. The lowest BCUT2D eigenvalue weighted by atomic mass is 10.3. The Morgan fingerprint density at radius 3 is 1.83 bits per heavy atom. The van der Waals surface area contributed by atoms with Crippen molar-refractivity contribution in [2.24, 2.45) is 0 Å². The fraction of sp³-hybridized carbons (Fsp3) is 1.00. The highest BCUT2D eigenvalue weighted by molar-refractivity contribution is 7.53. The van der Waals surface area contributed by atoms with Gasteiger partial charge in [-0.1, -0.05) is 40.0 Å². The maximum atomic E-state index is 12.4. The van der Waals surface area contributed by atoms with Gasteiger partial charge < -0.3 is 14.4 Å². The standard InChI is InChI=1S/C13H30NO3P/c1-4-7-10-14-13-18(15,16-11-8-5-2)17-12-9-6-3/h14H,4-13H2,1-3H3. The molecule has 0 aliphatic heterocycles. The van der Waals surface area contributed by atoms with Gasteiger partial charge in [0.05, 0.1) is 19.5 Å². The number of rotatable bonds is 13. The monoisotopic (exact) mass is 279 g/mol. The molecule has 0 fully saturated rings. The van der Waals surface area contributed by atoms with Gasteiger partial charge in [-0.15, -0.1) is 0 Å². The van der Waals surface area contributed by atoms with Gasteiger partial charge in [0, 0.05) is 0 Å². The van der Waals surface area contributed by atoms with Gasteiger partial charge in [0.1, 0.15) is 0 Å². The lowest BCUT2D eigenvalue weighted by Gasteiger charge is -2.19. The Labute approximate surface area is 112 Å². The lowest BCUT2D eigenvalue weighted by Crippen LogP contribution is -2.19. The van der Waals surface area contributed by atoms with Crippen LogP contribution in [-0.4, -0.2) is 26.0 Å². The normalized spacial score (nSPS) is 11.9. The Morgan fingerprint density at radius 2 is 1.39 bits per heavy atom. The quantitative estimate of drug-likeness (QED) is 0.406. The Balaban J connectivity index is 3.99. The average Bonchev–Trinajstić information content (AvgIpc) is 2.36. The molecule has 0 unspecified atom stereocenters. The highest BCUT2D eigenvalue weighted by Gasteiger charge is 2.23. The molecule has 0 aliphatic carbocycles. The summed E-state index contributed by atoms with van der Waals surface area (Å²) in [5, 5.41) is 3.17. The van der Waals surface area contributed by atoms with Crippen molar-refractivity contribution in [3.63, 3.8) is 0 Å². The molecule has 0 aromatic heterocycles. The smallest absolute Gasteiger partial charge is 0.308 e. The lowest BCUT2D eigenvalue weighted by molar-refractivity contribution is 0.198. The molecule has 0 saturated heterocycles. The van der Waals surface area contributed by atoms with Crippen LogP contribution in [0.2, 0.25) is 0 Å². The van der Waals surface area contributed by atoms with Gasteiger partial charge in [-0.05, 0) is 25.8 Å². The van der Waals surface area contributed by atoms with E-state index in [2.05, 4.69) is 26.1 Å². The van der Waals surface area contributed by atoms with Crippen LogP contribution in [-0.2, 0) is 13.6 Å². The molecule has 18 heavy (non-hydrogen) atoms. The van der Waals surface area contributed by atoms with Gasteiger partial charge in [0.15, 0.2) is 0 Å². The zero-order valence-corrected chi connectivity index (χ0v) is 13.1. The zero-order valence-electron chi connectivity index (χ0n) is 12.2.